The van der Waals surface area contributed by atoms with Crippen molar-refractivity contribution in [1.82, 2.24) is 9.55 Å². The Morgan fingerprint density at radius 2 is 2.12 bits per heavy atom. The molecular weight excluding hydrogens is 198 g/mol. The van der Waals surface area contributed by atoms with Crippen LogP contribution in [0.1, 0.15) is 19.7 Å². The van der Waals surface area contributed by atoms with Crippen LogP contribution >= 0.6 is 0 Å². The van der Waals surface area contributed by atoms with Crippen LogP contribution in [0, 0.1) is 12.8 Å². The van der Waals surface area contributed by atoms with E-state index in [0.717, 1.165) is 23.6 Å². The van der Waals surface area contributed by atoms with Crippen molar-refractivity contribution in [2.75, 3.05) is 11.9 Å². The normalized spacial score (nSPS) is 11.3. The summed E-state index contributed by atoms with van der Waals surface area (Å²) in [7, 11) is 2.05. The van der Waals surface area contributed by atoms with Crippen LogP contribution in [0.5, 0.6) is 0 Å². The van der Waals surface area contributed by atoms with E-state index >= 15 is 0 Å². The van der Waals surface area contributed by atoms with E-state index in [1.165, 1.54) is 5.52 Å². The molecule has 0 spiro atoms. The van der Waals surface area contributed by atoms with Gasteiger partial charge in [-0.05, 0) is 31.0 Å². The Bertz CT molecular complexity index is 497. The number of rotatable bonds is 3. The minimum absolute atomic E-state index is 0.654. The Morgan fingerprint density at radius 1 is 1.38 bits per heavy atom. The van der Waals surface area contributed by atoms with Gasteiger partial charge in [0.2, 0.25) is 0 Å². The van der Waals surface area contributed by atoms with Crippen molar-refractivity contribution in [2.45, 2.75) is 20.8 Å². The van der Waals surface area contributed by atoms with Crippen LogP contribution in [0.2, 0.25) is 0 Å². The van der Waals surface area contributed by atoms with Crippen molar-refractivity contribution >= 4 is 16.7 Å². The number of hydrogen-bond acceptors (Lipinski definition) is 2. The summed E-state index contributed by atoms with van der Waals surface area (Å²) >= 11 is 0. The third kappa shape index (κ3) is 2.03. The Labute approximate surface area is 96.5 Å². The molecule has 16 heavy (non-hydrogen) atoms. The number of imidazole rings is 1. The first-order chi connectivity index (χ1) is 7.58. The van der Waals surface area contributed by atoms with E-state index in [4.69, 9.17) is 0 Å². The summed E-state index contributed by atoms with van der Waals surface area (Å²) in [5.41, 5.74) is 3.40. The van der Waals surface area contributed by atoms with Crippen molar-refractivity contribution < 1.29 is 0 Å². The van der Waals surface area contributed by atoms with Gasteiger partial charge in [-0.15, -0.1) is 0 Å². The third-order valence-electron chi connectivity index (χ3n) is 2.82. The first-order valence-corrected chi connectivity index (χ1v) is 5.75. The van der Waals surface area contributed by atoms with Gasteiger partial charge < -0.3 is 9.88 Å². The lowest BCUT2D eigenvalue weighted by Crippen LogP contribution is -2.07. The monoisotopic (exact) mass is 217 g/mol. The molecule has 0 amide bonds. The highest BCUT2D eigenvalue weighted by Crippen LogP contribution is 2.19. The highest BCUT2D eigenvalue weighted by atomic mass is 15.0. The second-order valence-corrected chi connectivity index (χ2v) is 4.70. The van der Waals surface area contributed by atoms with E-state index in [9.17, 15) is 0 Å². The van der Waals surface area contributed by atoms with Crippen molar-refractivity contribution in [2.24, 2.45) is 13.0 Å². The fraction of sp³-hybridized carbons (Fsp3) is 0.462. The van der Waals surface area contributed by atoms with Crippen molar-refractivity contribution in [1.29, 1.82) is 0 Å². The SMILES string of the molecule is Cc1nc2cc(NCC(C)C)ccc2n1C. The largest absolute Gasteiger partial charge is 0.385 e. The van der Waals surface area contributed by atoms with Crippen molar-refractivity contribution in [3.8, 4) is 0 Å². The standard InChI is InChI=1S/C13H19N3/c1-9(2)8-14-11-5-6-13-12(7-11)15-10(3)16(13)4/h5-7,9,14H,8H2,1-4H3. The molecule has 3 nitrogen and oxygen atoms in total. The van der Waals surface area contributed by atoms with Crippen LogP contribution < -0.4 is 5.32 Å². The van der Waals surface area contributed by atoms with E-state index in [1.54, 1.807) is 0 Å². The van der Waals surface area contributed by atoms with Crippen molar-refractivity contribution in [3.63, 3.8) is 0 Å². The van der Waals surface area contributed by atoms with Crippen LogP contribution in [-0.2, 0) is 7.05 Å². The molecule has 2 aromatic rings. The maximum Gasteiger partial charge on any atom is 0.106 e. The van der Waals surface area contributed by atoms with Gasteiger partial charge in [0, 0.05) is 19.3 Å². The van der Waals surface area contributed by atoms with Gasteiger partial charge >= 0.3 is 0 Å². The van der Waals surface area contributed by atoms with Crippen LogP contribution in [0.4, 0.5) is 5.69 Å². The molecule has 0 atom stereocenters. The number of nitrogens with one attached hydrogen (secondary N) is 1. The van der Waals surface area contributed by atoms with E-state index in [1.807, 2.05) is 14.0 Å². The minimum atomic E-state index is 0.654. The second-order valence-electron chi connectivity index (χ2n) is 4.70. The molecule has 0 bridgehead atoms. The van der Waals surface area contributed by atoms with Crippen LogP contribution in [-0.4, -0.2) is 16.1 Å². The summed E-state index contributed by atoms with van der Waals surface area (Å²) in [5, 5.41) is 3.42. The summed E-state index contributed by atoms with van der Waals surface area (Å²) in [4.78, 5) is 4.52. The average Bonchev–Trinajstić information content (AvgIpc) is 2.52. The summed E-state index contributed by atoms with van der Waals surface area (Å²) < 4.78 is 2.11. The molecule has 0 aliphatic rings. The Balaban J connectivity index is 2.30. The molecule has 1 aromatic carbocycles. The van der Waals surface area contributed by atoms with E-state index in [-0.39, 0.29) is 0 Å². The smallest absolute Gasteiger partial charge is 0.106 e. The summed E-state index contributed by atoms with van der Waals surface area (Å²) in [5.74, 6) is 1.71. The molecule has 0 saturated carbocycles. The van der Waals surface area contributed by atoms with Gasteiger partial charge in [0.05, 0.1) is 11.0 Å². The Morgan fingerprint density at radius 3 is 2.81 bits per heavy atom. The lowest BCUT2D eigenvalue weighted by atomic mass is 10.2. The zero-order valence-corrected chi connectivity index (χ0v) is 10.4. The molecule has 0 unspecified atom stereocenters. The number of fused-ring (bicyclic) bond motifs is 1. The molecule has 0 saturated heterocycles. The Kier molecular flexibility index (Phi) is 2.86. The Hall–Kier alpha value is -1.51. The number of aryl methyl sites for hydroxylation is 2. The second kappa shape index (κ2) is 4.16. The number of nitrogens with zero attached hydrogens (tertiary/aromatic N) is 2. The lowest BCUT2D eigenvalue weighted by Gasteiger charge is -2.08. The lowest BCUT2D eigenvalue weighted by molar-refractivity contribution is 0.689. The molecule has 0 aliphatic heterocycles. The predicted octanol–water partition coefficient (Wildman–Crippen LogP) is 2.95. The first kappa shape index (κ1) is 11.0. The number of aromatic nitrogens is 2. The highest BCUT2D eigenvalue weighted by molar-refractivity contribution is 5.80. The van der Waals surface area contributed by atoms with Crippen LogP contribution in [0.15, 0.2) is 18.2 Å². The quantitative estimate of drug-likeness (QED) is 0.856. The van der Waals surface area contributed by atoms with E-state index in [2.05, 4.69) is 46.9 Å². The molecule has 1 N–H and O–H groups in total. The molecule has 0 radical (unpaired) electrons. The summed E-state index contributed by atoms with van der Waals surface area (Å²) in [6.07, 6.45) is 0. The molecule has 86 valence electrons. The first-order valence-electron chi connectivity index (χ1n) is 5.75. The van der Waals surface area contributed by atoms with Gasteiger partial charge in [-0.25, -0.2) is 4.98 Å². The summed E-state index contributed by atoms with van der Waals surface area (Å²) in [6, 6.07) is 6.36. The maximum absolute atomic E-state index is 4.52. The molecule has 0 aliphatic carbocycles. The molecule has 0 fully saturated rings. The third-order valence-corrected chi connectivity index (χ3v) is 2.82. The molecule has 1 aromatic heterocycles. The predicted molar refractivity (Wildman–Crippen MR) is 68.8 cm³/mol. The minimum Gasteiger partial charge on any atom is -0.385 e. The van der Waals surface area contributed by atoms with Crippen LogP contribution in [0.3, 0.4) is 0 Å². The van der Waals surface area contributed by atoms with Gasteiger partial charge in [-0.3, -0.25) is 0 Å². The van der Waals surface area contributed by atoms with E-state index in [0.29, 0.717) is 5.92 Å². The summed E-state index contributed by atoms with van der Waals surface area (Å²) in [6.45, 7) is 7.44. The zero-order chi connectivity index (χ0) is 11.7. The van der Waals surface area contributed by atoms with Crippen molar-refractivity contribution in [3.05, 3.63) is 24.0 Å². The topological polar surface area (TPSA) is 29.9 Å². The number of hydrogen-bond donors (Lipinski definition) is 1. The van der Waals surface area contributed by atoms with Gasteiger partial charge in [0.25, 0.3) is 0 Å². The molecular formula is C13H19N3. The maximum atomic E-state index is 4.52. The van der Waals surface area contributed by atoms with Gasteiger partial charge in [0.15, 0.2) is 0 Å². The fourth-order valence-corrected chi connectivity index (χ4v) is 1.75. The average molecular weight is 217 g/mol. The molecule has 1 heterocycles. The highest BCUT2D eigenvalue weighted by Gasteiger charge is 2.04. The molecule has 2 rings (SSSR count). The van der Waals surface area contributed by atoms with E-state index < -0.39 is 0 Å². The van der Waals surface area contributed by atoms with Gasteiger partial charge in [0.1, 0.15) is 5.82 Å². The van der Waals surface area contributed by atoms with Gasteiger partial charge in [-0.1, -0.05) is 13.8 Å². The van der Waals surface area contributed by atoms with Crippen LogP contribution in [0.25, 0.3) is 11.0 Å². The number of anilines is 1. The van der Waals surface area contributed by atoms with Gasteiger partial charge in [-0.2, -0.15) is 0 Å². The molecule has 3 heteroatoms. The fourth-order valence-electron chi connectivity index (χ4n) is 1.75. The number of benzene rings is 1. The zero-order valence-electron chi connectivity index (χ0n) is 10.4.